The van der Waals surface area contributed by atoms with Gasteiger partial charge in [-0.3, -0.25) is 77.1 Å². The Hall–Kier alpha value is -10.9. The number of ether oxygens (including phenoxy) is 1. The number of aryl methyl sites for hydroxylation is 4. The number of aliphatic hydroxyl groups excluding tert-OH is 1. The first-order chi connectivity index (χ1) is 63.4. The summed E-state index contributed by atoms with van der Waals surface area (Å²) >= 11 is 20.1. The Labute approximate surface area is 792 Å². The molecule has 4 aromatic heterocycles. The number of hydrogen-bond acceptors (Lipinski definition) is 21. The van der Waals surface area contributed by atoms with Crippen molar-refractivity contribution in [2.45, 2.75) is 227 Å². The lowest BCUT2D eigenvalue weighted by Crippen LogP contribution is -2.50. The van der Waals surface area contributed by atoms with Gasteiger partial charge in [0, 0.05) is 78.8 Å². The number of hydrogen-bond donors (Lipinski definition) is 4. The molecule has 9 aromatic rings. The molecule has 2 fully saturated rings. The van der Waals surface area contributed by atoms with Crippen LogP contribution in [0.4, 0.5) is 41.1 Å². The lowest BCUT2D eigenvalue weighted by molar-refractivity contribution is 0.0828. The van der Waals surface area contributed by atoms with E-state index in [1.54, 1.807) is 19.6 Å². The summed E-state index contributed by atoms with van der Waals surface area (Å²) < 4.78 is 15.9. The minimum Gasteiger partial charge on any atom is -0.492 e. The average Bonchev–Trinajstić information content (AvgIpc) is 1.03. The molecule has 3 atom stereocenters. The minimum absolute atomic E-state index is 0.0121. The number of benzene rings is 5. The van der Waals surface area contributed by atoms with Crippen LogP contribution in [0.15, 0.2) is 138 Å². The molecule has 2 saturated carbocycles. The van der Waals surface area contributed by atoms with Crippen LogP contribution in [0.2, 0.25) is 10.0 Å². The highest BCUT2D eigenvalue weighted by Gasteiger charge is 2.49. The molecule has 0 spiro atoms. The van der Waals surface area contributed by atoms with E-state index in [0.29, 0.717) is 143 Å². The SMILES string of the molecule is CCN1C(=O)c2c(nc(C)n2Cc2cc(Br)c3c(c2)CCO3)N2C[C@@H](Cc3ccccc3)N=C12.CCN1C(=O)c2c(nc(NC3(CO)CC=CC3)n2Cc2ccc(C)c(Cl)c2)N2CCN=C12.CCN1C(=O)c2c(nc(NC3CCCCC3)n2Cc2ccc(C)c(Br)c2)N2C[C@@H](C)N=C12.CC[C@@H]1CN2C(=N1)N(CC)C(=O)c1c2nc(NC2CCCCC2)n1Cc1ccc(C)c(Cl)c1. The summed E-state index contributed by atoms with van der Waals surface area (Å²) in [6, 6.07) is 34.3. The van der Waals surface area contributed by atoms with Gasteiger partial charge in [-0.25, -0.2) is 20.0 Å². The number of aliphatic hydroxyl groups is 1. The molecular weight excluding hydrogens is 1830 g/mol. The van der Waals surface area contributed by atoms with Gasteiger partial charge in [0.2, 0.25) is 41.7 Å². The highest BCUT2D eigenvalue weighted by Crippen LogP contribution is 2.44. The van der Waals surface area contributed by atoms with Crippen LogP contribution in [0.5, 0.6) is 5.75 Å². The number of carbonyl (C=O) groups is 4. The van der Waals surface area contributed by atoms with Gasteiger partial charge in [-0.2, -0.15) is 15.0 Å². The van der Waals surface area contributed by atoms with Gasteiger partial charge in [-0.05, 0) is 204 Å². The van der Waals surface area contributed by atoms with Crippen LogP contribution < -0.4 is 40.3 Å². The van der Waals surface area contributed by atoms with Gasteiger partial charge in [0.25, 0.3) is 23.6 Å². The summed E-state index contributed by atoms with van der Waals surface area (Å²) in [5, 5.41) is 22.4. The lowest BCUT2D eigenvalue weighted by atomic mass is 9.96. The summed E-state index contributed by atoms with van der Waals surface area (Å²) in [6.45, 7) is 28.9. The number of anilines is 7. The Morgan fingerprint density at radius 1 is 0.489 bits per heavy atom. The van der Waals surface area contributed by atoms with Crippen LogP contribution in [0.1, 0.15) is 223 Å². The number of amides is 4. The molecule has 33 heteroatoms. The molecule has 0 unspecified atom stereocenters. The first kappa shape index (κ1) is 90.7. The van der Waals surface area contributed by atoms with Crippen LogP contribution >= 0.6 is 55.1 Å². The van der Waals surface area contributed by atoms with E-state index in [9.17, 15) is 24.3 Å². The number of imidazole rings is 4. The third-order valence-electron chi connectivity index (χ3n) is 27.1. The predicted octanol–water partition coefficient (Wildman–Crippen LogP) is 17.1. The summed E-state index contributed by atoms with van der Waals surface area (Å²) in [6.07, 6.45) is 20.3. The maximum absolute atomic E-state index is 13.7. The van der Waals surface area contributed by atoms with Crippen molar-refractivity contribution in [3.63, 3.8) is 0 Å². The third kappa shape index (κ3) is 17.8. The van der Waals surface area contributed by atoms with E-state index in [0.717, 1.165) is 171 Å². The van der Waals surface area contributed by atoms with Crippen molar-refractivity contribution in [1.82, 2.24) is 57.8 Å². The van der Waals surface area contributed by atoms with Gasteiger partial charge in [0.05, 0.1) is 80.6 Å². The monoisotopic (exact) mass is 1940 g/mol. The average molecular weight is 1940 g/mol. The second kappa shape index (κ2) is 38.4. The largest absolute Gasteiger partial charge is 0.492 e. The van der Waals surface area contributed by atoms with Gasteiger partial charge in [0.15, 0.2) is 46.0 Å². The number of guanidine groups is 4. The van der Waals surface area contributed by atoms with Crippen LogP contribution in [0.25, 0.3) is 0 Å². The molecule has 688 valence electrons. The van der Waals surface area contributed by atoms with Crippen molar-refractivity contribution >= 4 is 144 Å². The topological polar surface area (TPSA) is 280 Å². The Bertz CT molecular complexity index is 6050. The minimum atomic E-state index is -0.522. The first-order valence-electron chi connectivity index (χ1n) is 46.8. The van der Waals surface area contributed by atoms with Crippen LogP contribution in [0.3, 0.4) is 0 Å². The zero-order valence-electron chi connectivity index (χ0n) is 76.4. The van der Waals surface area contributed by atoms with E-state index in [4.69, 9.17) is 62.9 Å². The number of fused-ring (bicyclic) bond motifs is 13. The number of nitrogens with zero attached hydrogens (tertiary/aromatic N) is 20. The fourth-order valence-electron chi connectivity index (χ4n) is 19.9. The smallest absolute Gasteiger partial charge is 0.281 e. The molecule has 0 saturated heterocycles. The van der Waals surface area contributed by atoms with Gasteiger partial charge < -0.3 is 30.4 Å². The van der Waals surface area contributed by atoms with Crippen molar-refractivity contribution in [2.75, 3.05) is 108 Å². The number of nitrogens with one attached hydrogen (secondary N) is 3. The summed E-state index contributed by atoms with van der Waals surface area (Å²) in [5.74, 6) is 9.42. The van der Waals surface area contributed by atoms with Crippen molar-refractivity contribution in [3.05, 3.63) is 207 Å². The fourth-order valence-corrected chi connectivity index (χ4v) is 21.4. The Morgan fingerprint density at radius 2 is 0.947 bits per heavy atom. The van der Waals surface area contributed by atoms with E-state index in [1.807, 2.05) is 98.9 Å². The van der Waals surface area contributed by atoms with E-state index >= 15 is 0 Å². The molecule has 12 aliphatic rings. The first-order valence-corrected chi connectivity index (χ1v) is 49.1. The maximum atomic E-state index is 13.7. The molecular formula is C98H117Br2Cl2N23O6. The van der Waals surface area contributed by atoms with Gasteiger partial charge in [-0.15, -0.1) is 0 Å². The molecule has 0 bridgehead atoms. The molecule has 5 aromatic carbocycles. The standard InChI is InChI=1S/C26H26BrN5O2.C25H33ClN6O.C24H31BrN6O.C23H27ClN6O2/c1-3-30-25(33)22-24(32-15-20(29-26(30)32)12-17-7-5-4-6-8-17)28-16(2)31(22)14-18-11-19-9-10-34-23(19)21(27)13-18;1-4-18-15-32-22-21(23(33)30(5-2)25(32)28-18)31(14-17-12-11-16(3)20(26)13-17)24(29-22)27-19-9-7-6-8-10-19;1-4-29-22(32)20-21(31-13-16(3)26-24(29)31)28-23(27-18-8-6-5-7-9-18)30(20)14-17-11-10-15(2)19(25)12-17;1-3-28-20(32)18-19(29-11-10-25-22(28)29)26-21(27-23(14-31)8-4-5-9-23)30(18)13-16-7-6-15(2)17(24)12-16/h4-8,11,13,20H,3,9-10,12,14-15H2,1-2H3;11-13,18-19H,4-10,14-15H2,1-3H3,(H,27,29);10-12,16,18H,4-9,13-14H2,1-3H3,(H,27,28);4-7,12,31H,3,8-11,13-14H2,1-2H3,(H,26,27)/t20-;18-;16-;/m111./s1. The Morgan fingerprint density at radius 3 is 1.47 bits per heavy atom. The van der Waals surface area contributed by atoms with E-state index in [1.165, 1.54) is 55.2 Å². The summed E-state index contributed by atoms with van der Waals surface area (Å²) in [4.78, 5) is 109. The Balaban J connectivity index is 0.000000117. The number of aromatic nitrogens is 8. The molecule has 131 heavy (non-hydrogen) atoms. The highest BCUT2D eigenvalue weighted by atomic mass is 79.9. The zero-order chi connectivity index (χ0) is 91.4. The quantitative estimate of drug-likeness (QED) is 0.0459. The maximum Gasteiger partial charge on any atom is 0.281 e. The number of carbonyl (C=O) groups excluding carboxylic acids is 4. The third-order valence-corrected chi connectivity index (χ3v) is 29.4. The van der Waals surface area contributed by atoms with Crippen LogP contribution in [-0.4, -0.2) is 218 Å². The molecule has 9 aliphatic heterocycles. The van der Waals surface area contributed by atoms with Crippen molar-refractivity contribution in [2.24, 2.45) is 20.0 Å². The van der Waals surface area contributed by atoms with E-state index in [2.05, 4.69) is 170 Å². The zero-order valence-corrected chi connectivity index (χ0v) is 81.1. The molecule has 21 rings (SSSR count). The summed E-state index contributed by atoms with van der Waals surface area (Å²) in [5.41, 5.74) is 12.0. The highest BCUT2D eigenvalue weighted by molar-refractivity contribution is 9.10. The van der Waals surface area contributed by atoms with Gasteiger partial charge in [0.1, 0.15) is 11.6 Å². The van der Waals surface area contributed by atoms with Crippen molar-refractivity contribution in [1.29, 1.82) is 0 Å². The molecule has 13 heterocycles. The van der Waals surface area contributed by atoms with Gasteiger partial charge in [-0.1, -0.05) is 170 Å². The Kier molecular flexibility index (Phi) is 26.6. The lowest BCUT2D eigenvalue weighted by Gasteiger charge is -2.33. The molecule has 0 radical (unpaired) electrons. The molecule has 29 nitrogen and oxygen atoms in total. The second-order valence-electron chi connectivity index (χ2n) is 36.2. The molecule has 4 N–H and O–H groups in total. The second-order valence-corrected chi connectivity index (χ2v) is 38.7. The fraction of sp³-hybridized carbons (Fsp3) is 0.469. The normalized spacial score (nSPS) is 19.7. The van der Waals surface area contributed by atoms with E-state index < -0.39 is 5.54 Å². The van der Waals surface area contributed by atoms with Crippen molar-refractivity contribution in [3.8, 4) is 5.75 Å². The molecule has 4 amide bonds. The van der Waals surface area contributed by atoms with Crippen LogP contribution in [-0.2, 0) is 39.0 Å². The van der Waals surface area contributed by atoms with Gasteiger partial charge >= 0.3 is 0 Å². The number of halogens is 4. The van der Waals surface area contributed by atoms with Crippen LogP contribution in [0, 0.1) is 27.7 Å². The van der Waals surface area contributed by atoms with E-state index in [-0.39, 0.29) is 48.4 Å². The number of rotatable bonds is 22. The predicted molar refractivity (Wildman–Crippen MR) is 526 cm³/mol. The molecule has 3 aliphatic carbocycles. The summed E-state index contributed by atoms with van der Waals surface area (Å²) in [7, 11) is 0. The van der Waals surface area contributed by atoms with Crippen molar-refractivity contribution < 1.29 is 29.0 Å². The number of aliphatic imine (C=N–C) groups is 4.